The number of benzene rings is 1. The van der Waals surface area contributed by atoms with Crippen molar-refractivity contribution in [2.75, 3.05) is 0 Å². The van der Waals surface area contributed by atoms with E-state index < -0.39 is 0 Å². The molecule has 2 N–H and O–H groups in total. The van der Waals surface area contributed by atoms with Crippen molar-refractivity contribution in [2.24, 2.45) is 5.73 Å². The molecule has 1 atom stereocenters. The minimum atomic E-state index is 0.0835. The molecule has 1 heterocycles. The lowest BCUT2D eigenvalue weighted by Crippen LogP contribution is -2.21. The Hall–Kier alpha value is -1.68. The van der Waals surface area contributed by atoms with E-state index >= 15 is 0 Å². The Morgan fingerprint density at radius 2 is 2.12 bits per heavy atom. The molecular weight excluding hydrogens is 214 g/mol. The van der Waals surface area contributed by atoms with Crippen molar-refractivity contribution in [3.63, 3.8) is 0 Å². The van der Waals surface area contributed by atoms with E-state index in [-0.39, 0.29) is 6.04 Å². The number of rotatable bonds is 4. The summed E-state index contributed by atoms with van der Waals surface area (Å²) in [6.45, 7) is 4.08. The highest BCUT2D eigenvalue weighted by atomic mass is 16.5. The standard InChI is InChI=1S/C13H17N3O/c1-3-10(14)8-12-15-13(16-17-12)11-7-5-4-6-9(11)2/h4-7,10H,3,8,14H2,1-2H3. The van der Waals surface area contributed by atoms with Gasteiger partial charge in [0.25, 0.3) is 0 Å². The highest BCUT2D eigenvalue weighted by molar-refractivity contribution is 5.58. The van der Waals surface area contributed by atoms with Crippen LogP contribution in [0, 0.1) is 6.92 Å². The first kappa shape index (κ1) is 11.8. The van der Waals surface area contributed by atoms with Gasteiger partial charge in [-0.15, -0.1) is 0 Å². The summed E-state index contributed by atoms with van der Waals surface area (Å²) >= 11 is 0. The summed E-state index contributed by atoms with van der Waals surface area (Å²) in [6.07, 6.45) is 1.54. The molecule has 0 saturated heterocycles. The van der Waals surface area contributed by atoms with Gasteiger partial charge in [-0.2, -0.15) is 4.98 Å². The largest absolute Gasteiger partial charge is 0.339 e. The molecule has 0 aliphatic heterocycles. The van der Waals surface area contributed by atoms with Crippen LogP contribution in [-0.4, -0.2) is 16.2 Å². The van der Waals surface area contributed by atoms with Gasteiger partial charge in [0, 0.05) is 18.0 Å². The average Bonchev–Trinajstić information content (AvgIpc) is 2.78. The molecule has 2 aromatic rings. The molecule has 17 heavy (non-hydrogen) atoms. The monoisotopic (exact) mass is 231 g/mol. The van der Waals surface area contributed by atoms with Gasteiger partial charge in [0.05, 0.1) is 0 Å². The molecule has 4 nitrogen and oxygen atoms in total. The van der Waals surface area contributed by atoms with Crippen LogP contribution in [-0.2, 0) is 6.42 Å². The number of aryl methyl sites for hydroxylation is 1. The van der Waals surface area contributed by atoms with E-state index in [0.29, 0.717) is 18.1 Å². The molecule has 0 saturated carbocycles. The quantitative estimate of drug-likeness (QED) is 0.877. The van der Waals surface area contributed by atoms with Crippen LogP contribution < -0.4 is 5.73 Å². The topological polar surface area (TPSA) is 64.9 Å². The predicted molar refractivity (Wildman–Crippen MR) is 66.4 cm³/mol. The van der Waals surface area contributed by atoms with E-state index in [2.05, 4.69) is 10.1 Å². The van der Waals surface area contributed by atoms with Gasteiger partial charge in [-0.25, -0.2) is 0 Å². The first-order chi connectivity index (χ1) is 8.20. The Morgan fingerprint density at radius 1 is 1.35 bits per heavy atom. The zero-order valence-electron chi connectivity index (χ0n) is 10.2. The Balaban J connectivity index is 2.21. The average molecular weight is 231 g/mol. The molecule has 2 rings (SSSR count). The van der Waals surface area contributed by atoms with Crippen molar-refractivity contribution in [1.82, 2.24) is 10.1 Å². The molecule has 4 heteroatoms. The van der Waals surface area contributed by atoms with E-state index in [1.807, 2.05) is 38.1 Å². The summed E-state index contributed by atoms with van der Waals surface area (Å²) in [5, 5.41) is 3.99. The van der Waals surface area contributed by atoms with Crippen LogP contribution in [0.2, 0.25) is 0 Å². The second-order valence-electron chi connectivity index (χ2n) is 4.20. The van der Waals surface area contributed by atoms with Crippen LogP contribution >= 0.6 is 0 Å². The molecule has 0 fully saturated rings. The van der Waals surface area contributed by atoms with Crippen molar-refractivity contribution in [3.8, 4) is 11.4 Å². The second kappa shape index (κ2) is 5.10. The van der Waals surface area contributed by atoms with Crippen LogP contribution in [0.3, 0.4) is 0 Å². The van der Waals surface area contributed by atoms with Gasteiger partial charge in [0.1, 0.15) is 0 Å². The van der Waals surface area contributed by atoms with Crippen molar-refractivity contribution in [2.45, 2.75) is 32.7 Å². The van der Waals surface area contributed by atoms with E-state index in [9.17, 15) is 0 Å². The summed E-state index contributed by atoms with van der Waals surface area (Å²) < 4.78 is 5.21. The Morgan fingerprint density at radius 3 is 2.82 bits per heavy atom. The summed E-state index contributed by atoms with van der Waals surface area (Å²) in [5.74, 6) is 1.25. The van der Waals surface area contributed by atoms with Crippen molar-refractivity contribution in [1.29, 1.82) is 0 Å². The van der Waals surface area contributed by atoms with Crippen molar-refractivity contribution >= 4 is 0 Å². The molecule has 90 valence electrons. The van der Waals surface area contributed by atoms with E-state index in [1.165, 1.54) is 0 Å². The smallest absolute Gasteiger partial charge is 0.228 e. The van der Waals surface area contributed by atoms with Gasteiger partial charge in [-0.05, 0) is 18.9 Å². The summed E-state index contributed by atoms with van der Waals surface area (Å²) in [5.41, 5.74) is 8.00. The molecule has 0 radical (unpaired) electrons. The van der Waals surface area contributed by atoms with Crippen LogP contribution in [0.1, 0.15) is 24.8 Å². The first-order valence-corrected chi connectivity index (χ1v) is 5.85. The molecule has 1 aromatic heterocycles. The van der Waals surface area contributed by atoms with Crippen LogP contribution in [0.4, 0.5) is 0 Å². The van der Waals surface area contributed by atoms with E-state index in [4.69, 9.17) is 10.3 Å². The normalized spacial score (nSPS) is 12.6. The lowest BCUT2D eigenvalue weighted by Gasteiger charge is -2.02. The van der Waals surface area contributed by atoms with Crippen LogP contribution in [0.15, 0.2) is 28.8 Å². The van der Waals surface area contributed by atoms with Gasteiger partial charge >= 0.3 is 0 Å². The van der Waals surface area contributed by atoms with Crippen LogP contribution in [0.5, 0.6) is 0 Å². The lowest BCUT2D eigenvalue weighted by atomic mass is 10.1. The molecular formula is C13H17N3O. The molecule has 0 aliphatic rings. The maximum absolute atomic E-state index is 5.86. The summed E-state index contributed by atoms with van der Waals surface area (Å²) in [6, 6.07) is 8.07. The number of aromatic nitrogens is 2. The molecule has 0 bridgehead atoms. The highest BCUT2D eigenvalue weighted by Gasteiger charge is 2.12. The number of hydrogen-bond acceptors (Lipinski definition) is 4. The van der Waals surface area contributed by atoms with Gasteiger partial charge in [-0.1, -0.05) is 36.3 Å². The highest BCUT2D eigenvalue weighted by Crippen LogP contribution is 2.20. The Labute approximate surface area is 101 Å². The maximum Gasteiger partial charge on any atom is 0.228 e. The molecule has 1 aromatic carbocycles. The zero-order valence-corrected chi connectivity index (χ0v) is 10.2. The molecule has 0 amide bonds. The maximum atomic E-state index is 5.86. The third kappa shape index (κ3) is 2.71. The fourth-order valence-electron chi connectivity index (χ4n) is 1.64. The number of hydrogen-bond donors (Lipinski definition) is 1. The van der Waals surface area contributed by atoms with Gasteiger partial charge < -0.3 is 10.3 Å². The fraction of sp³-hybridized carbons (Fsp3) is 0.385. The van der Waals surface area contributed by atoms with Gasteiger partial charge in [-0.3, -0.25) is 0 Å². The van der Waals surface area contributed by atoms with E-state index in [1.54, 1.807) is 0 Å². The zero-order chi connectivity index (χ0) is 12.3. The number of nitrogens with two attached hydrogens (primary N) is 1. The molecule has 0 spiro atoms. The second-order valence-corrected chi connectivity index (χ2v) is 4.20. The third-order valence-electron chi connectivity index (χ3n) is 2.82. The molecule has 0 aliphatic carbocycles. The fourth-order valence-corrected chi connectivity index (χ4v) is 1.64. The van der Waals surface area contributed by atoms with E-state index in [0.717, 1.165) is 17.5 Å². The first-order valence-electron chi connectivity index (χ1n) is 5.85. The van der Waals surface area contributed by atoms with Crippen molar-refractivity contribution < 1.29 is 4.52 Å². The molecule has 1 unspecified atom stereocenters. The van der Waals surface area contributed by atoms with Gasteiger partial charge in [0.15, 0.2) is 0 Å². The minimum absolute atomic E-state index is 0.0835. The SMILES string of the molecule is CCC(N)Cc1nc(-c2ccccc2C)no1. The minimum Gasteiger partial charge on any atom is -0.339 e. The lowest BCUT2D eigenvalue weighted by molar-refractivity contribution is 0.368. The Kier molecular flexibility index (Phi) is 3.54. The third-order valence-corrected chi connectivity index (χ3v) is 2.82. The van der Waals surface area contributed by atoms with Crippen LogP contribution in [0.25, 0.3) is 11.4 Å². The van der Waals surface area contributed by atoms with Crippen molar-refractivity contribution in [3.05, 3.63) is 35.7 Å². The summed E-state index contributed by atoms with van der Waals surface area (Å²) in [7, 11) is 0. The number of nitrogens with zero attached hydrogens (tertiary/aromatic N) is 2. The van der Waals surface area contributed by atoms with Gasteiger partial charge in [0.2, 0.25) is 11.7 Å². The summed E-state index contributed by atoms with van der Waals surface area (Å²) in [4.78, 5) is 4.37. The Bertz CT molecular complexity index is 493. The predicted octanol–water partition coefficient (Wildman–Crippen LogP) is 2.32.